The van der Waals surface area contributed by atoms with Crippen molar-refractivity contribution in [3.8, 4) is 0 Å². The lowest BCUT2D eigenvalue weighted by molar-refractivity contribution is 0.195. The first kappa shape index (κ1) is 23.1. The van der Waals surface area contributed by atoms with E-state index < -0.39 is 0 Å². The lowest BCUT2D eigenvalue weighted by Gasteiger charge is -2.18. The first-order chi connectivity index (χ1) is 11.2. The third-order valence-corrected chi connectivity index (χ3v) is 3.82. The Hall–Kier alpha value is -0.860. The van der Waals surface area contributed by atoms with Crippen LogP contribution in [0.2, 0.25) is 0 Å². The zero-order valence-electron chi connectivity index (χ0n) is 15.5. The minimum atomic E-state index is 0. The highest BCUT2D eigenvalue weighted by molar-refractivity contribution is 14.0. The van der Waals surface area contributed by atoms with Crippen molar-refractivity contribution in [1.82, 2.24) is 15.5 Å². The number of ether oxygens (including phenoxy) is 1. The van der Waals surface area contributed by atoms with E-state index in [1.807, 2.05) is 0 Å². The summed E-state index contributed by atoms with van der Waals surface area (Å²) in [5.74, 6) is 0.827. The fourth-order valence-electron chi connectivity index (χ4n) is 2.30. The summed E-state index contributed by atoms with van der Waals surface area (Å²) in [5.41, 5.74) is 2.62. The van der Waals surface area contributed by atoms with Crippen molar-refractivity contribution in [1.29, 1.82) is 0 Å². The Morgan fingerprint density at radius 2 is 1.71 bits per heavy atom. The molecule has 0 amide bonds. The van der Waals surface area contributed by atoms with Crippen LogP contribution >= 0.6 is 24.0 Å². The number of nitrogens with zero attached hydrogens (tertiary/aromatic N) is 2. The monoisotopic (exact) mass is 448 g/mol. The van der Waals surface area contributed by atoms with Gasteiger partial charge >= 0.3 is 0 Å². The summed E-state index contributed by atoms with van der Waals surface area (Å²) >= 11 is 0. The first-order valence-electron chi connectivity index (χ1n) is 8.47. The number of benzene rings is 1. The Labute approximate surface area is 164 Å². The van der Waals surface area contributed by atoms with Crippen molar-refractivity contribution in [3.05, 3.63) is 35.4 Å². The number of methoxy groups -OCH3 is 1. The van der Waals surface area contributed by atoms with Crippen molar-refractivity contribution in [2.45, 2.75) is 33.4 Å². The molecule has 5 nitrogen and oxygen atoms in total. The number of hydrogen-bond donors (Lipinski definition) is 2. The predicted molar refractivity (Wildman–Crippen MR) is 113 cm³/mol. The van der Waals surface area contributed by atoms with Gasteiger partial charge < -0.3 is 15.4 Å². The van der Waals surface area contributed by atoms with Crippen LogP contribution in [0.15, 0.2) is 29.3 Å². The summed E-state index contributed by atoms with van der Waals surface area (Å²) in [6.07, 6.45) is 0.969. The number of halogens is 1. The van der Waals surface area contributed by atoms with E-state index in [1.54, 1.807) is 14.2 Å². The third-order valence-electron chi connectivity index (χ3n) is 3.82. The molecule has 0 aliphatic heterocycles. The molecular weight excluding hydrogens is 415 g/mol. The molecule has 2 N–H and O–H groups in total. The van der Waals surface area contributed by atoms with Crippen molar-refractivity contribution >= 4 is 29.9 Å². The van der Waals surface area contributed by atoms with E-state index in [2.05, 4.69) is 58.6 Å². The maximum absolute atomic E-state index is 5.04. The molecule has 0 spiro atoms. The number of guanidine groups is 1. The molecule has 0 aliphatic rings. The molecule has 0 saturated carbocycles. The second-order valence-corrected chi connectivity index (χ2v) is 5.48. The average molecular weight is 448 g/mol. The Morgan fingerprint density at radius 1 is 1.08 bits per heavy atom. The molecule has 0 atom stereocenters. The van der Waals surface area contributed by atoms with Crippen LogP contribution in [0.5, 0.6) is 0 Å². The molecule has 0 aliphatic carbocycles. The van der Waals surface area contributed by atoms with Crippen LogP contribution < -0.4 is 10.6 Å². The molecule has 0 saturated heterocycles. The maximum Gasteiger partial charge on any atom is 0.191 e. The standard InChI is InChI=1S/C18H32N4O.HI/c1-5-22(6-2)15-17-10-8-16(9-11-17)14-21-18(19-3)20-12-7-13-23-4;/h8-11H,5-7,12-15H2,1-4H3,(H2,19,20,21);1H. The fraction of sp³-hybridized carbons (Fsp3) is 0.611. The summed E-state index contributed by atoms with van der Waals surface area (Å²) in [6.45, 7) is 9.99. The van der Waals surface area contributed by atoms with Gasteiger partial charge in [0.2, 0.25) is 0 Å². The van der Waals surface area contributed by atoms with Crippen LogP contribution in [-0.2, 0) is 17.8 Å². The fourth-order valence-corrected chi connectivity index (χ4v) is 2.30. The number of hydrogen-bond acceptors (Lipinski definition) is 3. The normalized spacial score (nSPS) is 11.3. The van der Waals surface area contributed by atoms with Crippen LogP contribution in [-0.4, -0.2) is 51.3 Å². The van der Waals surface area contributed by atoms with E-state index in [9.17, 15) is 0 Å². The molecule has 0 radical (unpaired) electrons. The number of nitrogens with one attached hydrogen (secondary N) is 2. The topological polar surface area (TPSA) is 48.9 Å². The molecule has 0 heterocycles. The molecule has 0 bridgehead atoms. The molecule has 0 aromatic heterocycles. The van der Waals surface area contributed by atoms with Crippen LogP contribution in [0.25, 0.3) is 0 Å². The van der Waals surface area contributed by atoms with Gasteiger partial charge in [0, 0.05) is 40.4 Å². The highest BCUT2D eigenvalue weighted by Gasteiger charge is 2.02. The predicted octanol–water partition coefficient (Wildman–Crippen LogP) is 2.85. The maximum atomic E-state index is 5.04. The van der Waals surface area contributed by atoms with Gasteiger partial charge in [-0.3, -0.25) is 9.89 Å². The largest absolute Gasteiger partial charge is 0.385 e. The van der Waals surface area contributed by atoms with Gasteiger partial charge in [0.1, 0.15) is 0 Å². The second-order valence-electron chi connectivity index (χ2n) is 5.48. The van der Waals surface area contributed by atoms with Gasteiger partial charge in [0.25, 0.3) is 0 Å². The lowest BCUT2D eigenvalue weighted by Crippen LogP contribution is -2.37. The summed E-state index contributed by atoms with van der Waals surface area (Å²) in [6, 6.07) is 8.79. The smallest absolute Gasteiger partial charge is 0.191 e. The Balaban J connectivity index is 0.00000529. The third kappa shape index (κ3) is 9.44. The van der Waals surface area contributed by atoms with Gasteiger partial charge in [-0.05, 0) is 30.6 Å². The minimum Gasteiger partial charge on any atom is -0.385 e. The molecule has 0 fully saturated rings. The molecule has 1 aromatic carbocycles. The van der Waals surface area contributed by atoms with Crippen LogP contribution in [0.4, 0.5) is 0 Å². The van der Waals surface area contributed by atoms with E-state index in [0.29, 0.717) is 0 Å². The molecule has 24 heavy (non-hydrogen) atoms. The zero-order chi connectivity index (χ0) is 16.9. The molecular formula is C18H33IN4O. The number of rotatable bonds is 10. The van der Waals surface area contributed by atoms with Gasteiger partial charge in [-0.1, -0.05) is 38.1 Å². The molecule has 6 heteroatoms. The Morgan fingerprint density at radius 3 is 2.25 bits per heavy atom. The summed E-state index contributed by atoms with van der Waals surface area (Å²) in [5, 5.41) is 6.61. The highest BCUT2D eigenvalue weighted by Crippen LogP contribution is 2.07. The molecule has 0 unspecified atom stereocenters. The van der Waals surface area contributed by atoms with Gasteiger partial charge in [0.15, 0.2) is 5.96 Å². The van der Waals surface area contributed by atoms with Crippen LogP contribution in [0.1, 0.15) is 31.4 Å². The van der Waals surface area contributed by atoms with E-state index in [4.69, 9.17) is 4.74 Å². The summed E-state index contributed by atoms with van der Waals surface area (Å²) < 4.78 is 5.04. The molecule has 1 rings (SSSR count). The van der Waals surface area contributed by atoms with Crippen molar-refractivity contribution < 1.29 is 4.74 Å². The quantitative estimate of drug-likeness (QED) is 0.250. The lowest BCUT2D eigenvalue weighted by atomic mass is 10.1. The molecule has 1 aromatic rings. The Kier molecular flexibility index (Phi) is 14.0. The minimum absolute atomic E-state index is 0. The van der Waals surface area contributed by atoms with Crippen molar-refractivity contribution in [3.63, 3.8) is 0 Å². The van der Waals surface area contributed by atoms with Gasteiger partial charge in [-0.2, -0.15) is 0 Å². The average Bonchev–Trinajstić information content (AvgIpc) is 2.60. The summed E-state index contributed by atoms with van der Waals surface area (Å²) in [7, 11) is 3.51. The van der Waals surface area contributed by atoms with E-state index in [-0.39, 0.29) is 24.0 Å². The SMILES string of the molecule is CCN(CC)Cc1ccc(CNC(=NC)NCCCOC)cc1.I. The van der Waals surface area contributed by atoms with E-state index >= 15 is 0 Å². The first-order valence-corrected chi connectivity index (χ1v) is 8.47. The Bertz CT molecular complexity index is 447. The van der Waals surface area contributed by atoms with Crippen molar-refractivity contribution in [2.75, 3.05) is 40.4 Å². The van der Waals surface area contributed by atoms with Gasteiger partial charge in [-0.25, -0.2) is 0 Å². The van der Waals surface area contributed by atoms with Gasteiger partial charge in [0.05, 0.1) is 0 Å². The van der Waals surface area contributed by atoms with Crippen LogP contribution in [0.3, 0.4) is 0 Å². The zero-order valence-corrected chi connectivity index (χ0v) is 17.8. The summed E-state index contributed by atoms with van der Waals surface area (Å²) in [4.78, 5) is 6.64. The molecule has 138 valence electrons. The van der Waals surface area contributed by atoms with E-state index in [1.165, 1.54) is 11.1 Å². The van der Waals surface area contributed by atoms with Crippen LogP contribution in [0, 0.1) is 0 Å². The van der Waals surface area contributed by atoms with Gasteiger partial charge in [-0.15, -0.1) is 24.0 Å². The number of aliphatic imine (C=N–C) groups is 1. The second kappa shape index (κ2) is 14.5. The van der Waals surface area contributed by atoms with E-state index in [0.717, 1.165) is 51.7 Å². The highest BCUT2D eigenvalue weighted by atomic mass is 127. The van der Waals surface area contributed by atoms with Crippen molar-refractivity contribution in [2.24, 2.45) is 4.99 Å².